The van der Waals surface area contributed by atoms with Crippen LogP contribution in [-0.4, -0.2) is 37.9 Å². The van der Waals surface area contributed by atoms with Crippen LogP contribution in [0.5, 0.6) is 0 Å². The number of nitrogens with one attached hydrogen (secondary N) is 3. The molecule has 21 heavy (non-hydrogen) atoms. The molecule has 0 fully saturated rings. The van der Waals surface area contributed by atoms with Crippen LogP contribution in [0.4, 0.5) is 5.69 Å². The molecule has 7 nitrogen and oxygen atoms in total. The van der Waals surface area contributed by atoms with Crippen molar-refractivity contribution in [2.24, 2.45) is 0 Å². The van der Waals surface area contributed by atoms with Gasteiger partial charge in [0.2, 0.25) is 5.91 Å². The summed E-state index contributed by atoms with van der Waals surface area (Å²) in [7, 11) is -2.28. The smallest absolute Gasteiger partial charge is 0.260 e. The summed E-state index contributed by atoms with van der Waals surface area (Å²) in [4.78, 5) is 15.8. The predicted octanol–water partition coefficient (Wildman–Crippen LogP) is 0.705. The summed E-state index contributed by atoms with van der Waals surface area (Å²) in [6.07, 6.45) is 1.38. The Morgan fingerprint density at radius 1 is 1.33 bits per heavy atom. The highest BCUT2D eigenvalue weighted by Crippen LogP contribution is 2.17. The molecule has 0 saturated carbocycles. The van der Waals surface area contributed by atoms with Crippen LogP contribution in [0.25, 0.3) is 0 Å². The topological polar surface area (TPSA) is 100 Å². The minimum absolute atomic E-state index is 0.136. The number of rotatable bonds is 5. The number of nitrogens with zero attached hydrogens (tertiary/aromatic N) is 1. The number of amides is 1. The maximum atomic E-state index is 12.3. The molecule has 0 saturated heterocycles. The maximum absolute atomic E-state index is 12.3. The lowest BCUT2D eigenvalue weighted by atomic mass is 10.1. The number of hydrogen-bond acceptors (Lipinski definition) is 5. The van der Waals surface area contributed by atoms with Crippen LogP contribution >= 0.6 is 0 Å². The molecule has 1 atom stereocenters. The van der Waals surface area contributed by atoms with Gasteiger partial charge in [0.25, 0.3) is 10.0 Å². The molecule has 8 heteroatoms. The van der Waals surface area contributed by atoms with Crippen LogP contribution in [0.15, 0.2) is 23.4 Å². The van der Waals surface area contributed by atoms with Crippen LogP contribution in [0.3, 0.4) is 0 Å². The summed E-state index contributed by atoms with van der Waals surface area (Å²) in [5.74, 6) is -0.395. The van der Waals surface area contributed by atoms with Crippen molar-refractivity contribution in [1.29, 1.82) is 0 Å². The molecule has 118 valence electrons. The second-order valence-electron chi connectivity index (χ2n) is 5.69. The summed E-state index contributed by atoms with van der Waals surface area (Å²) in [6.45, 7) is 6.96. The van der Waals surface area contributed by atoms with Crippen LogP contribution in [-0.2, 0) is 14.8 Å². The Kier molecular flexibility index (Phi) is 5.30. The zero-order valence-corrected chi connectivity index (χ0v) is 13.7. The molecular formula is C13H22N4O3S. The van der Waals surface area contributed by atoms with Gasteiger partial charge in [0, 0.05) is 18.8 Å². The normalized spacial score (nSPS) is 13.6. The summed E-state index contributed by atoms with van der Waals surface area (Å²) in [6, 6.07) is 2.32. The molecular weight excluding hydrogens is 292 g/mol. The van der Waals surface area contributed by atoms with Crippen molar-refractivity contribution in [1.82, 2.24) is 15.0 Å². The zero-order chi connectivity index (χ0) is 16.3. The van der Waals surface area contributed by atoms with Gasteiger partial charge in [-0.1, -0.05) is 0 Å². The molecule has 0 spiro atoms. The minimum Gasteiger partial charge on any atom is -0.386 e. The highest BCUT2D eigenvalue weighted by atomic mass is 32.2. The summed E-state index contributed by atoms with van der Waals surface area (Å²) in [5, 5.41) is 5.34. The third-order valence-corrected chi connectivity index (χ3v) is 4.02. The second-order valence-corrected chi connectivity index (χ2v) is 7.32. The molecule has 1 aromatic heterocycles. The van der Waals surface area contributed by atoms with Crippen molar-refractivity contribution in [3.63, 3.8) is 0 Å². The van der Waals surface area contributed by atoms with Gasteiger partial charge in [0.1, 0.15) is 0 Å². The minimum atomic E-state index is -3.89. The van der Waals surface area contributed by atoms with Crippen LogP contribution in [0.2, 0.25) is 0 Å². The van der Waals surface area contributed by atoms with Gasteiger partial charge in [-0.15, -0.1) is 0 Å². The average molecular weight is 314 g/mol. The van der Waals surface area contributed by atoms with E-state index in [1.807, 2.05) is 20.8 Å². The fourth-order valence-electron chi connectivity index (χ4n) is 1.62. The lowest BCUT2D eigenvalue weighted by molar-refractivity contribution is -0.123. The molecule has 1 aromatic rings. The first-order valence-corrected chi connectivity index (χ1v) is 8.02. The number of anilines is 1. The molecule has 3 N–H and O–H groups in total. The van der Waals surface area contributed by atoms with E-state index in [9.17, 15) is 13.2 Å². The van der Waals surface area contributed by atoms with E-state index in [1.165, 1.54) is 13.1 Å². The van der Waals surface area contributed by atoms with Crippen LogP contribution in [0, 0.1) is 0 Å². The van der Waals surface area contributed by atoms with Crippen LogP contribution < -0.4 is 15.4 Å². The van der Waals surface area contributed by atoms with Crippen molar-refractivity contribution >= 4 is 21.6 Å². The average Bonchev–Trinajstić information content (AvgIpc) is 2.36. The van der Waals surface area contributed by atoms with Crippen molar-refractivity contribution in [2.45, 2.75) is 44.3 Å². The number of carbonyl (C=O) groups is 1. The van der Waals surface area contributed by atoms with Gasteiger partial charge in [-0.25, -0.2) is 13.4 Å². The fourth-order valence-corrected chi connectivity index (χ4v) is 2.96. The molecule has 1 heterocycles. The van der Waals surface area contributed by atoms with Gasteiger partial charge in [0.05, 0.1) is 11.7 Å². The van der Waals surface area contributed by atoms with E-state index in [-0.39, 0.29) is 5.03 Å². The molecule has 0 radical (unpaired) electrons. The van der Waals surface area contributed by atoms with Gasteiger partial charge in [-0.3, -0.25) is 4.79 Å². The van der Waals surface area contributed by atoms with Gasteiger partial charge in [-0.05, 0) is 39.8 Å². The summed E-state index contributed by atoms with van der Waals surface area (Å²) < 4.78 is 26.9. The molecule has 1 rings (SSSR count). The van der Waals surface area contributed by atoms with Gasteiger partial charge in [0.15, 0.2) is 5.03 Å². The van der Waals surface area contributed by atoms with E-state index >= 15 is 0 Å². The molecule has 0 aliphatic rings. The first kappa shape index (κ1) is 17.4. The highest BCUT2D eigenvalue weighted by molar-refractivity contribution is 7.89. The van der Waals surface area contributed by atoms with Gasteiger partial charge in [-0.2, -0.15) is 4.72 Å². The monoisotopic (exact) mass is 314 g/mol. The van der Waals surface area contributed by atoms with E-state index in [1.54, 1.807) is 19.2 Å². The Morgan fingerprint density at radius 3 is 2.48 bits per heavy atom. The fraction of sp³-hybridized carbons (Fsp3) is 0.538. The molecule has 0 aliphatic carbocycles. The quantitative estimate of drug-likeness (QED) is 0.743. The lowest BCUT2D eigenvalue weighted by Crippen LogP contribution is -2.50. The molecule has 0 bridgehead atoms. The van der Waals surface area contributed by atoms with E-state index in [2.05, 4.69) is 20.3 Å². The largest absolute Gasteiger partial charge is 0.386 e. The number of sulfonamides is 1. The maximum Gasteiger partial charge on any atom is 0.260 e. The molecule has 0 aromatic carbocycles. The predicted molar refractivity (Wildman–Crippen MR) is 81.5 cm³/mol. The van der Waals surface area contributed by atoms with Gasteiger partial charge < -0.3 is 10.6 Å². The Balaban J connectivity index is 2.93. The van der Waals surface area contributed by atoms with Gasteiger partial charge >= 0.3 is 0 Å². The Morgan fingerprint density at radius 2 is 1.95 bits per heavy atom. The summed E-state index contributed by atoms with van der Waals surface area (Å²) >= 11 is 0. The molecule has 1 amide bonds. The zero-order valence-electron chi connectivity index (χ0n) is 12.9. The van der Waals surface area contributed by atoms with Crippen molar-refractivity contribution in [2.75, 3.05) is 12.4 Å². The third kappa shape index (κ3) is 4.98. The molecule has 0 aliphatic heterocycles. The number of hydrogen-bond donors (Lipinski definition) is 3. The van der Waals surface area contributed by atoms with Crippen molar-refractivity contribution in [3.05, 3.63) is 18.3 Å². The van der Waals surface area contributed by atoms with Crippen molar-refractivity contribution in [3.8, 4) is 0 Å². The number of pyridine rings is 1. The van der Waals surface area contributed by atoms with Crippen molar-refractivity contribution < 1.29 is 13.2 Å². The SMILES string of the molecule is CNc1cccnc1S(=O)(=O)NC(C)C(=O)NC(C)(C)C. The highest BCUT2D eigenvalue weighted by Gasteiger charge is 2.27. The second kappa shape index (κ2) is 6.40. The first-order valence-electron chi connectivity index (χ1n) is 6.54. The first-order chi connectivity index (χ1) is 9.57. The van der Waals surface area contributed by atoms with Crippen LogP contribution in [0.1, 0.15) is 27.7 Å². The Hall–Kier alpha value is -1.67. The van der Waals surface area contributed by atoms with E-state index < -0.39 is 27.5 Å². The third-order valence-electron chi connectivity index (χ3n) is 2.52. The lowest BCUT2D eigenvalue weighted by Gasteiger charge is -2.23. The molecule has 1 unspecified atom stereocenters. The Bertz CT molecular complexity index is 608. The van der Waals surface area contributed by atoms with E-state index in [0.29, 0.717) is 5.69 Å². The summed E-state index contributed by atoms with van der Waals surface area (Å²) in [5.41, 5.74) is -0.0637. The van der Waals surface area contributed by atoms with E-state index in [0.717, 1.165) is 0 Å². The van der Waals surface area contributed by atoms with E-state index in [4.69, 9.17) is 0 Å². The number of carbonyl (C=O) groups excluding carboxylic acids is 1. The Labute approximate surface area is 125 Å². The standard InChI is InChI=1S/C13H22N4O3S/c1-9(11(18)16-13(2,3)4)17-21(19,20)12-10(14-5)7-6-8-15-12/h6-9,14,17H,1-5H3,(H,16,18). The number of aromatic nitrogens is 1.